The molecule has 0 saturated carbocycles. The maximum atomic E-state index is 9.74. The lowest BCUT2D eigenvalue weighted by Crippen LogP contribution is -2.32. The summed E-state index contributed by atoms with van der Waals surface area (Å²) in [6.07, 6.45) is -0.449. The average molecular weight is 259 g/mol. The van der Waals surface area contributed by atoms with Crippen molar-refractivity contribution in [1.82, 2.24) is 4.90 Å². The zero-order chi connectivity index (χ0) is 12.5. The van der Waals surface area contributed by atoms with Crippen LogP contribution in [0, 0.1) is 0 Å². The number of methoxy groups -OCH3 is 1. The first-order chi connectivity index (χ1) is 8.22. The summed E-state index contributed by atoms with van der Waals surface area (Å²) in [6.45, 7) is 2.93. The molecule has 17 heavy (non-hydrogen) atoms. The van der Waals surface area contributed by atoms with Gasteiger partial charge in [0.2, 0.25) is 0 Å². The fourth-order valence-corrected chi connectivity index (χ4v) is 2.19. The van der Waals surface area contributed by atoms with Crippen LogP contribution in [0.2, 0.25) is 0 Å². The quantitative estimate of drug-likeness (QED) is 0.677. The van der Waals surface area contributed by atoms with E-state index in [0.29, 0.717) is 26.4 Å². The third-order valence-electron chi connectivity index (χ3n) is 2.30. The first-order valence-corrected chi connectivity index (χ1v) is 6.61. The van der Waals surface area contributed by atoms with Crippen LogP contribution in [-0.2, 0) is 16.0 Å². The summed E-state index contributed by atoms with van der Waals surface area (Å²) in [5, 5.41) is 13.9. The van der Waals surface area contributed by atoms with E-state index in [1.807, 2.05) is 7.05 Å². The van der Waals surface area contributed by atoms with E-state index in [2.05, 4.69) is 21.7 Å². The number of aliphatic hydroxyl groups is 1. The molecule has 1 unspecified atom stereocenters. The van der Waals surface area contributed by atoms with Gasteiger partial charge in [-0.2, -0.15) is 11.3 Å². The molecule has 0 bridgehead atoms. The van der Waals surface area contributed by atoms with Gasteiger partial charge in [0.1, 0.15) is 0 Å². The zero-order valence-electron chi connectivity index (χ0n) is 10.5. The van der Waals surface area contributed by atoms with Crippen LogP contribution in [0.15, 0.2) is 16.8 Å². The van der Waals surface area contributed by atoms with Gasteiger partial charge in [-0.15, -0.1) is 0 Å². The van der Waals surface area contributed by atoms with E-state index in [4.69, 9.17) is 9.47 Å². The monoisotopic (exact) mass is 259 g/mol. The van der Waals surface area contributed by atoms with Crippen LogP contribution in [0.5, 0.6) is 0 Å². The highest BCUT2D eigenvalue weighted by Crippen LogP contribution is 2.08. The predicted molar refractivity (Wildman–Crippen MR) is 69.4 cm³/mol. The Morgan fingerprint density at radius 1 is 1.47 bits per heavy atom. The maximum Gasteiger partial charge on any atom is 0.0900 e. The van der Waals surface area contributed by atoms with Crippen molar-refractivity contribution < 1.29 is 14.6 Å². The second kappa shape index (κ2) is 8.60. The van der Waals surface area contributed by atoms with Crippen molar-refractivity contribution in [2.75, 3.05) is 40.5 Å². The van der Waals surface area contributed by atoms with Crippen LogP contribution in [0.4, 0.5) is 0 Å². The maximum absolute atomic E-state index is 9.74. The molecule has 4 nitrogen and oxygen atoms in total. The number of ether oxygens (including phenoxy) is 2. The molecular formula is C12H21NO3S. The van der Waals surface area contributed by atoms with Crippen LogP contribution in [0.25, 0.3) is 0 Å². The van der Waals surface area contributed by atoms with E-state index in [-0.39, 0.29) is 0 Å². The molecule has 0 amide bonds. The highest BCUT2D eigenvalue weighted by Gasteiger charge is 2.08. The van der Waals surface area contributed by atoms with E-state index in [1.165, 1.54) is 5.56 Å². The molecule has 0 saturated heterocycles. The van der Waals surface area contributed by atoms with Crippen molar-refractivity contribution in [2.24, 2.45) is 0 Å². The van der Waals surface area contributed by atoms with Crippen LogP contribution in [0.1, 0.15) is 5.56 Å². The van der Waals surface area contributed by atoms with E-state index >= 15 is 0 Å². The molecule has 1 N–H and O–H groups in total. The van der Waals surface area contributed by atoms with Crippen molar-refractivity contribution >= 4 is 11.3 Å². The lowest BCUT2D eigenvalue weighted by Gasteiger charge is -2.20. The minimum Gasteiger partial charge on any atom is -0.389 e. The van der Waals surface area contributed by atoms with E-state index in [0.717, 1.165) is 6.54 Å². The second-order valence-electron chi connectivity index (χ2n) is 4.05. The average Bonchev–Trinajstić information content (AvgIpc) is 2.77. The Hall–Kier alpha value is -0.460. The molecule has 0 aliphatic heterocycles. The molecule has 0 spiro atoms. The predicted octanol–water partition coefficient (Wildman–Crippen LogP) is 1.20. The molecule has 0 aromatic carbocycles. The minimum absolute atomic E-state index is 0.358. The van der Waals surface area contributed by atoms with Crippen LogP contribution < -0.4 is 0 Å². The van der Waals surface area contributed by atoms with Crippen molar-refractivity contribution in [3.05, 3.63) is 22.4 Å². The number of hydrogen-bond acceptors (Lipinski definition) is 5. The van der Waals surface area contributed by atoms with Crippen molar-refractivity contribution in [2.45, 2.75) is 12.6 Å². The van der Waals surface area contributed by atoms with Gasteiger partial charge in [-0.1, -0.05) is 0 Å². The Bertz CT molecular complexity index is 279. The van der Waals surface area contributed by atoms with Crippen molar-refractivity contribution in [3.63, 3.8) is 0 Å². The molecule has 0 aliphatic rings. The first kappa shape index (κ1) is 14.6. The molecule has 1 atom stereocenters. The topological polar surface area (TPSA) is 41.9 Å². The number of thiophene rings is 1. The Morgan fingerprint density at radius 2 is 2.29 bits per heavy atom. The summed E-state index contributed by atoms with van der Waals surface area (Å²) in [6, 6.07) is 2.10. The van der Waals surface area contributed by atoms with Crippen molar-refractivity contribution in [1.29, 1.82) is 0 Å². The van der Waals surface area contributed by atoms with Gasteiger partial charge in [0.15, 0.2) is 0 Å². The Kier molecular flexibility index (Phi) is 7.39. The van der Waals surface area contributed by atoms with Gasteiger partial charge in [-0.25, -0.2) is 0 Å². The number of aliphatic hydroxyl groups excluding tert-OH is 1. The van der Waals surface area contributed by atoms with Gasteiger partial charge in [-0.3, -0.25) is 4.90 Å². The summed E-state index contributed by atoms with van der Waals surface area (Å²) >= 11 is 1.69. The number of hydrogen-bond donors (Lipinski definition) is 1. The number of rotatable bonds is 9. The third-order valence-corrected chi connectivity index (χ3v) is 3.03. The van der Waals surface area contributed by atoms with Crippen molar-refractivity contribution in [3.8, 4) is 0 Å². The minimum atomic E-state index is -0.449. The fraction of sp³-hybridized carbons (Fsp3) is 0.667. The molecule has 1 rings (SSSR count). The molecule has 0 aliphatic carbocycles. The van der Waals surface area contributed by atoms with Gasteiger partial charge in [0, 0.05) is 20.2 Å². The van der Waals surface area contributed by atoms with Crippen LogP contribution >= 0.6 is 11.3 Å². The standard InChI is InChI=1S/C12H21NO3S/c1-13(7-11-3-6-17-10-11)8-12(14)9-16-5-4-15-2/h3,6,10,12,14H,4-5,7-9H2,1-2H3. The summed E-state index contributed by atoms with van der Waals surface area (Å²) in [4.78, 5) is 2.09. The third kappa shape index (κ3) is 6.75. The molecule has 0 radical (unpaired) electrons. The molecule has 5 heteroatoms. The zero-order valence-corrected chi connectivity index (χ0v) is 11.3. The summed E-state index contributed by atoms with van der Waals surface area (Å²) in [5.74, 6) is 0. The Labute approximate surface area is 107 Å². The molecule has 1 heterocycles. The number of nitrogens with zero attached hydrogens (tertiary/aromatic N) is 1. The van der Waals surface area contributed by atoms with Gasteiger partial charge in [-0.05, 0) is 29.4 Å². The molecule has 1 aromatic heterocycles. The van der Waals surface area contributed by atoms with Gasteiger partial charge in [0.05, 0.1) is 25.9 Å². The highest BCUT2D eigenvalue weighted by atomic mass is 32.1. The SMILES string of the molecule is COCCOCC(O)CN(C)Cc1ccsc1. The lowest BCUT2D eigenvalue weighted by molar-refractivity contribution is 0.00162. The summed E-state index contributed by atoms with van der Waals surface area (Å²) in [5.41, 5.74) is 1.28. The smallest absolute Gasteiger partial charge is 0.0900 e. The van der Waals surface area contributed by atoms with E-state index < -0.39 is 6.10 Å². The summed E-state index contributed by atoms with van der Waals surface area (Å²) < 4.78 is 10.1. The lowest BCUT2D eigenvalue weighted by atomic mass is 10.3. The molecular weight excluding hydrogens is 238 g/mol. The largest absolute Gasteiger partial charge is 0.389 e. The molecule has 0 fully saturated rings. The van der Waals surface area contributed by atoms with Gasteiger partial charge in [0.25, 0.3) is 0 Å². The van der Waals surface area contributed by atoms with Crippen LogP contribution in [0.3, 0.4) is 0 Å². The second-order valence-corrected chi connectivity index (χ2v) is 4.83. The van der Waals surface area contributed by atoms with E-state index in [9.17, 15) is 5.11 Å². The van der Waals surface area contributed by atoms with E-state index in [1.54, 1.807) is 18.4 Å². The van der Waals surface area contributed by atoms with Gasteiger partial charge >= 0.3 is 0 Å². The fourth-order valence-electron chi connectivity index (χ4n) is 1.53. The molecule has 98 valence electrons. The number of likely N-dealkylation sites (N-methyl/N-ethyl adjacent to an activating group) is 1. The first-order valence-electron chi connectivity index (χ1n) is 5.66. The normalized spacial score (nSPS) is 13.2. The Balaban J connectivity index is 2.10. The Morgan fingerprint density at radius 3 is 2.94 bits per heavy atom. The van der Waals surface area contributed by atoms with Crippen LogP contribution in [-0.4, -0.2) is 56.6 Å². The summed E-state index contributed by atoms with van der Waals surface area (Å²) in [7, 11) is 3.63. The molecule has 1 aromatic rings. The van der Waals surface area contributed by atoms with Gasteiger partial charge < -0.3 is 14.6 Å². The highest BCUT2D eigenvalue weighted by molar-refractivity contribution is 7.07.